The smallest absolute Gasteiger partial charge is 0.416 e. The predicted molar refractivity (Wildman–Crippen MR) is 91.8 cm³/mol. The van der Waals surface area contributed by atoms with Crippen LogP contribution in [0.2, 0.25) is 0 Å². The van der Waals surface area contributed by atoms with Crippen molar-refractivity contribution in [2.24, 2.45) is 7.05 Å². The number of carbonyl (C=O) groups is 1. The van der Waals surface area contributed by atoms with Crippen LogP contribution >= 0.6 is 0 Å². The van der Waals surface area contributed by atoms with Gasteiger partial charge in [0.2, 0.25) is 0 Å². The van der Waals surface area contributed by atoms with Gasteiger partial charge in [-0.25, -0.2) is 9.78 Å². The van der Waals surface area contributed by atoms with Gasteiger partial charge in [-0.1, -0.05) is 12.1 Å². The van der Waals surface area contributed by atoms with Gasteiger partial charge in [-0.05, 0) is 38.1 Å². The molecule has 7 heteroatoms. The van der Waals surface area contributed by atoms with E-state index in [0.717, 1.165) is 12.1 Å². The third-order valence-electron chi connectivity index (χ3n) is 4.30. The van der Waals surface area contributed by atoms with E-state index >= 15 is 0 Å². The Hall–Kier alpha value is -2.83. The minimum absolute atomic E-state index is 0.224. The van der Waals surface area contributed by atoms with Crippen molar-refractivity contribution in [3.8, 4) is 11.3 Å². The summed E-state index contributed by atoms with van der Waals surface area (Å²) in [6.45, 7) is 3.71. The molecular weight excluding hydrogens is 345 g/mol. The van der Waals surface area contributed by atoms with Crippen LogP contribution in [0.25, 0.3) is 22.3 Å². The number of hydrogen-bond donors (Lipinski definition) is 0. The molecule has 136 valence electrons. The minimum Gasteiger partial charge on any atom is -0.462 e. The fraction of sp³-hybridized carbons (Fsp3) is 0.263. The van der Waals surface area contributed by atoms with Crippen molar-refractivity contribution in [1.82, 2.24) is 9.55 Å². The van der Waals surface area contributed by atoms with Gasteiger partial charge in [-0.2, -0.15) is 13.2 Å². The summed E-state index contributed by atoms with van der Waals surface area (Å²) in [5.74, 6) is -0.496. The van der Waals surface area contributed by atoms with Crippen LogP contribution in [0.1, 0.15) is 28.5 Å². The summed E-state index contributed by atoms with van der Waals surface area (Å²) in [6.07, 6.45) is -4.43. The van der Waals surface area contributed by atoms with Crippen LogP contribution in [0.3, 0.4) is 0 Å². The van der Waals surface area contributed by atoms with Crippen molar-refractivity contribution in [3.63, 3.8) is 0 Å². The molecule has 0 saturated heterocycles. The Labute approximate surface area is 148 Å². The maximum Gasteiger partial charge on any atom is 0.416 e. The summed E-state index contributed by atoms with van der Waals surface area (Å²) in [5.41, 5.74) is 2.09. The van der Waals surface area contributed by atoms with Crippen LogP contribution in [0.15, 0.2) is 36.4 Å². The number of esters is 1. The first-order valence-electron chi connectivity index (χ1n) is 8.04. The zero-order chi connectivity index (χ0) is 19.1. The second-order valence-electron chi connectivity index (χ2n) is 5.88. The van der Waals surface area contributed by atoms with E-state index in [4.69, 9.17) is 4.74 Å². The van der Waals surface area contributed by atoms with E-state index in [1.54, 1.807) is 39.1 Å². The van der Waals surface area contributed by atoms with Crippen molar-refractivity contribution < 1.29 is 22.7 Å². The molecule has 26 heavy (non-hydrogen) atoms. The van der Waals surface area contributed by atoms with E-state index in [1.165, 1.54) is 6.07 Å². The first-order valence-corrected chi connectivity index (χ1v) is 8.04. The molecule has 0 saturated carbocycles. The van der Waals surface area contributed by atoms with E-state index in [1.807, 2.05) is 4.57 Å². The van der Waals surface area contributed by atoms with Crippen LogP contribution in [-0.4, -0.2) is 22.1 Å². The Morgan fingerprint density at radius 1 is 1.23 bits per heavy atom. The van der Waals surface area contributed by atoms with Gasteiger partial charge in [0.15, 0.2) is 0 Å². The molecule has 1 aromatic carbocycles. The minimum atomic E-state index is -4.43. The van der Waals surface area contributed by atoms with Crippen LogP contribution in [0, 0.1) is 6.92 Å². The highest BCUT2D eigenvalue weighted by atomic mass is 19.4. The standard InChI is InChI=1S/C19H17F3N2O2/c1-4-26-18(25)16-11(2)24(3)15-9-8-14(23-17(15)16)12-6-5-7-13(10-12)19(20,21)22/h5-10H,4H2,1-3H3. The van der Waals surface area contributed by atoms with Gasteiger partial charge in [-0.3, -0.25) is 0 Å². The van der Waals surface area contributed by atoms with Crippen LogP contribution in [-0.2, 0) is 18.0 Å². The molecule has 2 heterocycles. The zero-order valence-corrected chi connectivity index (χ0v) is 14.5. The normalized spacial score (nSPS) is 11.8. The van der Waals surface area contributed by atoms with Crippen molar-refractivity contribution >= 4 is 17.0 Å². The summed E-state index contributed by atoms with van der Waals surface area (Å²) >= 11 is 0. The maximum absolute atomic E-state index is 13.0. The second kappa shape index (κ2) is 6.48. The predicted octanol–water partition coefficient (Wildman–Crippen LogP) is 4.74. The van der Waals surface area contributed by atoms with Crippen molar-refractivity contribution in [2.75, 3.05) is 6.61 Å². The van der Waals surface area contributed by atoms with Crippen LogP contribution in [0.4, 0.5) is 13.2 Å². The van der Waals surface area contributed by atoms with E-state index in [-0.39, 0.29) is 6.61 Å². The molecular formula is C19H17F3N2O2. The van der Waals surface area contributed by atoms with Gasteiger partial charge in [0.05, 0.1) is 23.4 Å². The number of hydrogen-bond acceptors (Lipinski definition) is 3. The maximum atomic E-state index is 13.0. The molecule has 4 nitrogen and oxygen atoms in total. The monoisotopic (exact) mass is 362 g/mol. The second-order valence-corrected chi connectivity index (χ2v) is 5.88. The van der Waals surface area contributed by atoms with Gasteiger partial charge in [0.25, 0.3) is 0 Å². The number of fused-ring (bicyclic) bond motifs is 1. The van der Waals surface area contributed by atoms with E-state index < -0.39 is 17.7 Å². The number of pyridine rings is 1. The Balaban J connectivity index is 2.18. The molecule has 3 rings (SSSR count). The molecule has 0 amide bonds. The summed E-state index contributed by atoms with van der Waals surface area (Å²) in [5, 5.41) is 0. The molecule has 0 radical (unpaired) electrons. The number of carbonyl (C=O) groups excluding carboxylic acids is 1. The number of ether oxygens (including phenoxy) is 1. The molecule has 0 fully saturated rings. The number of alkyl halides is 3. The molecule has 0 unspecified atom stereocenters. The molecule has 0 atom stereocenters. The number of halogens is 3. The average Bonchev–Trinajstić information content (AvgIpc) is 2.85. The average molecular weight is 362 g/mol. The third kappa shape index (κ3) is 3.05. The molecule has 0 aliphatic rings. The highest BCUT2D eigenvalue weighted by Gasteiger charge is 2.30. The molecule has 3 aromatic rings. The molecule has 2 aromatic heterocycles. The van der Waals surface area contributed by atoms with Gasteiger partial charge in [-0.15, -0.1) is 0 Å². The fourth-order valence-electron chi connectivity index (χ4n) is 2.89. The highest BCUT2D eigenvalue weighted by molar-refractivity contribution is 6.04. The Morgan fingerprint density at radius 2 is 1.96 bits per heavy atom. The van der Waals surface area contributed by atoms with E-state index in [0.29, 0.717) is 33.5 Å². The summed E-state index contributed by atoms with van der Waals surface area (Å²) < 4.78 is 45.8. The highest BCUT2D eigenvalue weighted by Crippen LogP contribution is 2.33. The first kappa shape index (κ1) is 18.0. The Bertz CT molecular complexity index is 990. The van der Waals surface area contributed by atoms with Crippen molar-refractivity contribution in [2.45, 2.75) is 20.0 Å². The Morgan fingerprint density at radius 3 is 2.62 bits per heavy atom. The van der Waals surface area contributed by atoms with Gasteiger partial charge in [0, 0.05) is 18.3 Å². The van der Waals surface area contributed by atoms with Crippen molar-refractivity contribution in [1.29, 1.82) is 0 Å². The molecule has 0 N–H and O–H groups in total. The number of rotatable bonds is 3. The number of nitrogens with zero attached hydrogens (tertiary/aromatic N) is 2. The zero-order valence-electron chi connectivity index (χ0n) is 14.5. The number of aromatic nitrogens is 2. The van der Waals surface area contributed by atoms with Crippen molar-refractivity contribution in [3.05, 3.63) is 53.2 Å². The largest absolute Gasteiger partial charge is 0.462 e. The first-order chi connectivity index (χ1) is 12.2. The molecule has 0 aliphatic heterocycles. The summed E-state index contributed by atoms with van der Waals surface area (Å²) in [6, 6.07) is 8.35. The molecule has 0 bridgehead atoms. The lowest BCUT2D eigenvalue weighted by Gasteiger charge is -2.09. The molecule has 0 spiro atoms. The van der Waals surface area contributed by atoms with Gasteiger partial charge < -0.3 is 9.30 Å². The fourth-order valence-corrected chi connectivity index (χ4v) is 2.89. The topological polar surface area (TPSA) is 44.1 Å². The lowest BCUT2D eigenvalue weighted by atomic mass is 10.1. The van der Waals surface area contributed by atoms with Crippen LogP contribution < -0.4 is 0 Å². The van der Waals surface area contributed by atoms with E-state index in [2.05, 4.69) is 4.98 Å². The number of aryl methyl sites for hydroxylation is 1. The summed E-state index contributed by atoms with van der Waals surface area (Å²) in [4.78, 5) is 16.8. The van der Waals surface area contributed by atoms with E-state index in [9.17, 15) is 18.0 Å². The lowest BCUT2D eigenvalue weighted by Crippen LogP contribution is -2.07. The van der Waals surface area contributed by atoms with Gasteiger partial charge in [0.1, 0.15) is 11.1 Å². The number of benzene rings is 1. The molecule has 0 aliphatic carbocycles. The summed E-state index contributed by atoms with van der Waals surface area (Å²) in [7, 11) is 1.80. The SMILES string of the molecule is CCOC(=O)c1c(C)n(C)c2ccc(-c3cccc(C(F)(F)F)c3)nc12. The van der Waals surface area contributed by atoms with Gasteiger partial charge >= 0.3 is 12.1 Å². The quantitative estimate of drug-likeness (QED) is 0.632. The van der Waals surface area contributed by atoms with Crippen LogP contribution in [0.5, 0.6) is 0 Å². The lowest BCUT2D eigenvalue weighted by molar-refractivity contribution is -0.137. The third-order valence-corrected chi connectivity index (χ3v) is 4.30. The Kier molecular flexibility index (Phi) is 4.48.